The lowest BCUT2D eigenvalue weighted by molar-refractivity contribution is -0.131. The molecule has 1 aromatic heterocycles. The third-order valence-corrected chi connectivity index (χ3v) is 4.68. The van der Waals surface area contributed by atoms with E-state index in [-0.39, 0.29) is 24.2 Å². The second-order valence-electron chi connectivity index (χ2n) is 6.31. The Morgan fingerprint density at radius 1 is 1.41 bits per heavy atom. The molecule has 0 bridgehead atoms. The van der Waals surface area contributed by atoms with Crippen LogP contribution in [-0.4, -0.2) is 60.8 Å². The molecule has 0 saturated carbocycles. The van der Waals surface area contributed by atoms with Crippen LogP contribution < -0.4 is 5.32 Å². The zero-order chi connectivity index (χ0) is 18.4. The summed E-state index contributed by atoms with van der Waals surface area (Å²) in [6, 6.07) is 7.31. The van der Waals surface area contributed by atoms with Gasteiger partial charge in [0, 0.05) is 37.3 Å². The Hall–Kier alpha value is -1.67. The van der Waals surface area contributed by atoms with Gasteiger partial charge in [-0.15, -0.1) is 12.4 Å². The zero-order valence-corrected chi connectivity index (χ0v) is 16.8. The number of nitrogens with zero attached hydrogens (tertiary/aromatic N) is 3. The van der Waals surface area contributed by atoms with Crippen molar-refractivity contribution in [1.29, 1.82) is 0 Å². The van der Waals surface area contributed by atoms with Gasteiger partial charge in [-0.2, -0.15) is 4.98 Å². The van der Waals surface area contributed by atoms with Gasteiger partial charge in [0.25, 0.3) is 0 Å². The van der Waals surface area contributed by atoms with Gasteiger partial charge in [-0.3, -0.25) is 4.79 Å². The van der Waals surface area contributed by atoms with E-state index in [1.165, 1.54) is 0 Å². The maximum atomic E-state index is 12.3. The molecule has 1 aliphatic rings. The zero-order valence-electron chi connectivity index (χ0n) is 15.2. The van der Waals surface area contributed by atoms with Crippen LogP contribution in [0.1, 0.15) is 24.7 Å². The number of aromatic nitrogens is 2. The molecule has 7 nitrogen and oxygen atoms in total. The molecule has 1 aromatic carbocycles. The molecule has 0 spiro atoms. The van der Waals surface area contributed by atoms with E-state index >= 15 is 0 Å². The lowest BCUT2D eigenvalue weighted by atomic mass is 9.98. The Bertz CT molecular complexity index is 724. The standard InChI is InChI=1S/C18H23ClN4O3.ClH/c1-25-10-8-20-11-16(24)23-9-2-3-14(12-23)18-21-17(22-26-18)13-4-6-15(19)7-5-13;/h4-7,14,20H,2-3,8-12H2,1H3;1H. The van der Waals surface area contributed by atoms with Crippen LogP contribution >= 0.6 is 24.0 Å². The van der Waals surface area contributed by atoms with Crippen molar-refractivity contribution in [2.45, 2.75) is 18.8 Å². The molecule has 1 atom stereocenters. The number of piperidine rings is 1. The number of carbonyl (C=O) groups excluding carboxylic acids is 1. The molecule has 2 heterocycles. The summed E-state index contributed by atoms with van der Waals surface area (Å²) in [4.78, 5) is 18.7. The number of hydrogen-bond acceptors (Lipinski definition) is 6. The molecule has 148 valence electrons. The number of hydrogen-bond donors (Lipinski definition) is 1. The molecule has 27 heavy (non-hydrogen) atoms. The highest BCUT2D eigenvalue weighted by Gasteiger charge is 2.28. The van der Waals surface area contributed by atoms with E-state index in [0.29, 0.717) is 43.0 Å². The number of benzene rings is 1. The number of nitrogens with one attached hydrogen (secondary N) is 1. The first-order chi connectivity index (χ1) is 12.7. The second-order valence-corrected chi connectivity index (χ2v) is 6.75. The summed E-state index contributed by atoms with van der Waals surface area (Å²) >= 11 is 5.91. The fourth-order valence-electron chi connectivity index (χ4n) is 3.00. The van der Waals surface area contributed by atoms with Crippen molar-refractivity contribution in [2.75, 3.05) is 39.9 Å². The number of methoxy groups -OCH3 is 1. The highest BCUT2D eigenvalue weighted by molar-refractivity contribution is 6.30. The van der Waals surface area contributed by atoms with Crippen molar-refractivity contribution in [1.82, 2.24) is 20.4 Å². The third-order valence-electron chi connectivity index (χ3n) is 4.43. The minimum atomic E-state index is 0. The van der Waals surface area contributed by atoms with Gasteiger partial charge < -0.3 is 19.5 Å². The fourth-order valence-corrected chi connectivity index (χ4v) is 3.13. The summed E-state index contributed by atoms with van der Waals surface area (Å²) in [5, 5.41) is 7.83. The topological polar surface area (TPSA) is 80.5 Å². The number of rotatable bonds is 7. The summed E-state index contributed by atoms with van der Waals surface area (Å²) in [7, 11) is 1.64. The normalized spacial score (nSPS) is 16.8. The summed E-state index contributed by atoms with van der Waals surface area (Å²) in [6.07, 6.45) is 1.86. The summed E-state index contributed by atoms with van der Waals surface area (Å²) < 4.78 is 10.4. The minimum Gasteiger partial charge on any atom is -0.383 e. The SMILES string of the molecule is COCCNCC(=O)N1CCCC(c2nc(-c3ccc(Cl)cc3)no2)C1.Cl. The molecule has 2 aromatic rings. The summed E-state index contributed by atoms with van der Waals surface area (Å²) in [5.74, 6) is 1.28. The monoisotopic (exact) mass is 414 g/mol. The van der Waals surface area contributed by atoms with Crippen LogP contribution in [0.5, 0.6) is 0 Å². The van der Waals surface area contributed by atoms with Crippen molar-refractivity contribution in [3.05, 3.63) is 35.2 Å². The molecule has 0 radical (unpaired) electrons. The van der Waals surface area contributed by atoms with E-state index in [0.717, 1.165) is 24.9 Å². The van der Waals surface area contributed by atoms with Crippen molar-refractivity contribution in [2.24, 2.45) is 0 Å². The van der Waals surface area contributed by atoms with Gasteiger partial charge in [0.15, 0.2) is 0 Å². The molecule has 1 N–H and O–H groups in total. The van der Waals surface area contributed by atoms with Crippen LogP contribution in [0.2, 0.25) is 5.02 Å². The first-order valence-corrected chi connectivity index (χ1v) is 9.12. The Labute approximate surface area is 169 Å². The predicted octanol–water partition coefficient (Wildman–Crippen LogP) is 2.75. The van der Waals surface area contributed by atoms with Crippen LogP contribution in [0.15, 0.2) is 28.8 Å². The van der Waals surface area contributed by atoms with E-state index in [9.17, 15) is 4.79 Å². The van der Waals surface area contributed by atoms with Crippen LogP contribution in [-0.2, 0) is 9.53 Å². The molecular formula is C18H24Cl2N4O3. The number of carbonyl (C=O) groups is 1. The van der Waals surface area contributed by atoms with Crippen molar-refractivity contribution < 1.29 is 14.1 Å². The Kier molecular flexibility index (Phi) is 8.50. The maximum absolute atomic E-state index is 12.3. The lowest BCUT2D eigenvalue weighted by Gasteiger charge is -2.31. The van der Waals surface area contributed by atoms with Crippen molar-refractivity contribution in [3.8, 4) is 11.4 Å². The average molecular weight is 415 g/mol. The van der Waals surface area contributed by atoms with Crippen molar-refractivity contribution >= 4 is 29.9 Å². The first-order valence-electron chi connectivity index (χ1n) is 8.74. The Balaban J connectivity index is 0.00000261. The van der Waals surface area contributed by atoms with Crippen LogP contribution in [0.25, 0.3) is 11.4 Å². The molecule has 1 saturated heterocycles. The van der Waals surface area contributed by atoms with E-state index in [2.05, 4.69) is 15.5 Å². The molecule has 9 heteroatoms. The molecule has 1 unspecified atom stereocenters. The van der Waals surface area contributed by atoms with E-state index < -0.39 is 0 Å². The fraction of sp³-hybridized carbons (Fsp3) is 0.500. The van der Waals surface area contributed by atoms with Crippen molar-refractivity contribution in [3.63, 3.8) is 0 Å². The number of halogens is 2. The van der Waals surface area contributed by atoms with Crippen LogP contribution in [0.3, 0.4) is 0 Å². The van der Waals surface area contributed by atoms with E-state index in [1.807, 2.05) is 17.0 Å². The number of likely N-dealkylation sites (tertiary alicyclic amines) is 1. The predicted molar refractivity (Wildman–Crippen MR) is 105 cm³/mol. The van der Waals surface area contributed by atoms with Crippen LogP contribution in [0, 0.1) is 0 Å². The average Bonchev–Trinajstić information content (AvgIpc) is 3.16. The van der Waals surface area contributed by atoms with Gasteiger partial charge in [0.2, 0.25) is 17.6 Å². The van der Waals surface area contributed by atoms with Gasteiger partial charge in [0.1, 0.15) is 0 Å². The third kappa shape index (κ3) is 5.90. The quantitative estimate of drug-likeness (QED) is 0.701. The molecule has 0 aliphatic carbocycles. The number of amides is 1. The summed E-state index contributed by atoms with van der Waals surface area (Å²) in [5.41, 5.74) is 0.857. The Morgan fingerprint density at radius 2 is 2.19 bits per heavy atom. The van der Waals surface area contributed by atoms with Gasteiger partial charge in [-0.05, 0) is 37.1 Å². The van der Waals surface area contributed by atoms with Gasteiger partial charge in [0.05, 0.1) is 19.1 Å². The second kappa shape index (κ2) is 10.6. The molecule has 1 fully saturated rings. The molecular weight excluding hydrogens is 391 g/mol. The number of ether oxygens (including phenoxy) is 1. The Morgan fingerprint density at radius 3 is 2.93 bits per heavy atom. The molecule has 3 rings (SSSR count). The molecule has 1 amide bonds. The maximum Gasteiger partial charge on any atom is 0.236 e. The molecule has 1 aliphatic heterocycles. The lowest BCUT2D eigenvalue weighted by Crippen LogP contribution is -2.43. The smallest absolute Gasteiger partial charge is 0.236 e. The highest BCUT2D eigenvalue weighted by atomic mass is 35.5. The highest BCUT2D eigenvalue weighted by Crippen LogP contribution is 2.28. The first kappa shape index (κ1) is 21.6. The van der Waals surface area contributed by atoms with Gasteiger partial charge in [-0.25, -0.2) is 0 Å². The minimum absolute atomic E-state index is 0. The van der Waals surface area contributed by atoms with E-state index in [1.54, 1.807) is 19.2 Å². The summed E-state index contributed by atoms with van der Waals surface area (Å²) in [6.45, 7) is 2.93. The van der Waals surface area contributed by atoms with Crippen LogP contribution in [0.4, 0.5) is 0 Å². The largest absolute Gasteiger partial charge is 0.383 e. The van der Waals surface area contributed by atoms with E-state index in [4.69, 9.17) is 20.9 Å². The van der Waals surface area contributed by atoms with Gasteiger partial charge >= 0.3 is 0 Å². The van der Waals surface area contributed by atoms with Gasteiger partial charge in [-0.1, -0.05) is 16.8 Å².